The van der Waals surface area contributed by atoms with Crippen LogP contribution in [0.4, 0.5) is 5.69 Å². The van der Waals surface area contributed by atoms with Gasteiger partial charge in [0.25, 0.3) is 11.6 Å². The highest BCUT2D eigenvalue weighted by Gasteiger charge is 2.26. The summed E-state index contributed by atoms with van der Waals surface area (Å²) in [5.74, 6) is 0.476. The van der Waals surface area contributed by atoms with Crippen LogP contribution in [0, 0.1) is 10.1 Å². The van der Waals surface area contributed by atoms with Gasteiger partial charge in [-0.1, -0.05) is 18.2 Å². The molecular formula is C19H22N2O6. The molecule has 1 N–H and O–H groups in total. The zero-order chi connectivity index (χ0) is 20.0. The Balaban J connectivity index is 2.38. The minimum atomic E-state index is -0.620. The highest BCUT2D eigenvalue weighted by atomic mass is 16.6. The zero-order valence-electron chi connectivity index (χ0n) is 15.6. The average Bonchev–Trinajstić information content (AvgIpc) is 2.67. The number of rotatable bonds is 8. The Hall–Kier alpha value is -3.29. The topological polar surface area (TPSA) is 99.9 Å². The second-order valence-electron chi connectivity index (χ2n) is 5.65. The molecular weight excluding hydrogens is 352 g/mol. The normalized spacial score (nSPS) is 11.4. The van der Waals surface area contributed by atoms with E-state index >= 15 is 0 Å². The van der Waals surface area contributed by atoms with E-state index in [2.05, 4.69) is 5.32 Å². The SMILES string of the molecule is CCOc1cc([N+](=O)[O-])c(C(=O)NC(C)c2ccccc2OC)cc1OC. The van der Waals surface area contributed by atoms with E-state index in [1.54, 1.807) is 19.9 Å². The fourth-order valence-corrected chi connectivity index (χ4v) is 2.69. The minimum absolute atomic E-state index is 0.109. The number of para-hydroxylation sites is 1. The number of carbonyl (C=O) groups excluding carboxylic acids is 1. The van der Waals surface area contributed by atoms with Crippen LogP contribution in [0.1, 0.15) is 35.8 Å². The van der Waals surface area contributed by atoms with Crippen LogP contribution in [0.2, 0.25) is 0 Å². The molecule has 0 radical (unpaired) electrons. The van der Waals surface area contributed by atoms with Gasteiger partial charge in [0.15, 0.2) is 11.5 Å². The third-order valence-electron chi connectivity index (χ3n) is 3.98. The molecule has 0 aromatic heterocycles. The first-order valence-corrected chi connectivity index (χ1v) is 8.35. The third kappa shape index (κ3) is 4.46. The van der Waals surface area contributed by atoms with Gasteiger partial charge >= 0.3 is 0 Å². The van der Waals surface area contributed by atoms with Gasteiger partial charge in [0.1, 0.15) is 11.3 Å². The Morgan fingerprint density at radius 3 is 2.41 bits per heavy atom. The predicted molar refractivity (Wildman–Crippen MR) is 99.7 cm³/mol. The number of ether oxygens (including phenoxy) is 3. The van der Waals surface area contributed by atoms with E-state index in [1.807, 2.05) is 18.2 Å². The molecule has 27 heavy (non-hydrogen) atoms. The summed E-state index contributed by atoms with van der Waals surface area (Å²) < 4.78 is 15.9. The van der Waals surface area contributed by atoms with Crippen molar-refractivity contribution in [3.05, 3.63) is 57.6 Å². The molecule has 2 aromatic carbocycles. The summed E-state index contributed by atoms with van der Waals surface area (Å²) in [5.41, 5.74) is 0.292. The molecule has 0 aliphatic rings. The standard InChI is InChI=1S/C19H22N2O6/c1-5-27-18-11-15(21(23)24)14(10-17(18)26-4)19(22)20-12(2)13-8-6-7-9-16(13)25-3/h6-12H,5H2,1-4H3,(H,20,22). The molecule has 8 nitrogen and oxygen atoms in total. The van der Waals surface area contributed by atoms with Gasteiger partial charge in [0.05, 0.1) is 37.9 Å². The summed E-state index contributed by atoms with van der Waals surface area (Å²) in [6, 6.07) is 9.32. The van der Waals surface area contributed by atoms with Gasteiger partial charge in [0, 0.05) is 11.6 Å². The number of benzene rings is 2. The highest BCUT2D eigenvalue weighted by Crippen LogP contribution is 2.35. The lowest BCUT2D eigenvalue weighted by atomic mass is 10.1. The lowest BCUT2D eigenvalue weighted by molar-refractivity contribution is -0.385. The first kappa shape index (κ1) is 20.0. The van der Waals surface area contributed by atoms with Crippen molar-refractivity contribution in [3.8, 4) is 17.2 Å². The Morgan fingerprint density at radius 1 is 1.15 bits per heavy atom. The number of nitro groups is 1. The molecule has 0 fully saturated rings. The molecule has 0 aliphatic heterocycles. The van der Waals surface area contributed by atoms with Gasteiger partial charge in [-0.3, -0.25) is 14.9 Å². The van der Waals surface area contributed by atoms with Gasteiger partial charge in [-0.2, -0.15) is 0 Å². The molecule has 0 spiro atoms. The van der Waals surface area contributed by atoms with E-state index in [4.69, 9.17) is 14.2 Å². The largest absolute Gasteiger partial charge is 0.496 e. The summed E-state index contributed by atoms with van der Waals surface area (Å²) in [7, 11) is 2.94. The van der Waals surface area contributed by atoms with E-state index < -0.39 is 16.9 Å². The Morgan fingerprint density at radius 2 is 1.81 bits per heavy atom. The lowest BCUT2D eigenvalue weighted by Crippen LogP contribution is -2.27. The molecule has 0 saturated heterocycles. The minimum Gasteiger partial charge on any atom is -0.496 e. The second-order valence-corrected chi connectivity index (χ2v) is 5.65. The number of carbonyl (C=O) groups is 1. The maximum Gasteiger partial charge on any atom is 0.286 e. The number of nitrogens with zero attached hydrogens (tertiary/aromatic N) is 1. The number of hydrogen-bond donors (Lipinski definition) is 1. The van der Waals surface area contributed by atoms with Crippen molar-refractivity contribution in [2.45, 2.75) is 19.9 Å². The fourth-order valence-electron chi connectivity index (χ4n) is 2.69. The summed E-state index contributed by atoms with van der Waals surface area (Å²) in [4.78, 5) is 23.6. The quantitative estimate of drug-likeness (QED) is 0.561. The monoisotopic (exact) mass is 374 g/mol. The summed E-state index contributed by atoms with van der Waals surface area (Å²) in [5, 5.41) is 14.2. The fraction of sp³-hybridized carbons (Fsp3) is 0.316. The molecule has 0 saturated carbocycles. The van der Waals surface area contributed by atoms with E-state index in [1.165, 1.54) is 26.4 Å². The Labute approximate surface area is 157 Å². The molecule has 2 aromatic rings. The van der Waals surface area contributed by atoms with Crippen LogP contribution in [-0.2, 0) is 0 Å². The van der Waals surface area contributed by atoms with Crippen LogP contribution in [-0.4, -0.2) is 31.7 Å². The third-order valence-corrected chi connectivity index (χ3v) is 3.98. The van der Waals surface area contributed by atoms with Crippen molar-refractivity contribution < 1.29 is 23.9 Å². The molecule has 0 heterocycles. The van der Waals surface area contributed by atoms with Crippen molar-refractivity contribution in [1.82, 2.24) is 5.32 Å². The Kier molecular flexibility index (Phi) is 6.59. The van der Waals surface area contributed by atoms with Crippen LogP contribution in [0.5, 0.6) is 17.2 Å². The van der Waals surface area contributed by atoms with Gasteiger partial charge in [0.2, 0.25) is 0 Å². The molecule has 144 valence electrons. The van der Waals surface area contributed by atoms with Gasteiger partial charge in [-0.25, -0.2) is 0 Å². The van der Waals surface area contributed by atoms with Gasteiger partial charge in [-0.15, -0.1) is 0 Å². The van der Waals surface area contributed by atoms with Crippen molar-refractivity contribution in [3.63, 3.8) is 0 Å². The van der Waals surface area contributed by atoms with Crippen LogP contribution in [0.25, 0.3) is 0 Å². The molecule has 1 unspecified atom stereocenters. The molecule has 1 amide bonds. The first-order chi connectivity index (χ1) is 12.9. The van der Waals surface area contributed by atoms with Crippen LogP contribution in [0.3, 0.4) is 0 Å². The molecule has 8 heteroatoms. The highest BCUT2D eigenvalue weighted by molar-refractivity contribution is 5.99. The van der Waals surface area contributed by atoms with Gasteiger partial charge < -0.3 is 19.5 Å². The predicted octanol–water partition coefficient (Wildman–Crippen LogP) is 3.50. The van der Waals surface area contributed by atoms with Crippen molar-refractivity contribution in [2.24, 2.45) is 0 Å². The van der Waals surface area contributed by atoms with Crippen LogP contribution >= 0.6 is 0 Å². The van der Waals surface area contributed by atoms with E-state index in [9.17, 15) is 14.9 Å². The first-order valence-electron chi connectivity index (χ1n) is 8.35. The lowest BCUT2D eigenvalue weighted by Gasteiger charge is -2.18. The maximum absolute atomic E-state index is 12.7. The number of nitrogens with one attached hydrogen (secondary N) is 1. The zero-order valence-corrected chi connectivity index (χ0v) is 15.6. The molecule has 2 rings (SSSR count). The van der Waals surface area contributed by atoms with Crippen molar-refractivity contribution in [1.29, 1.82) is 0 Å². The summed E-state index contributed by atoms with van der Waals surface area (Å²) in [6.45, 7) is 3.83. The number of nitro benzene ring substituents is 1. The smallest absolute Gasteiger partial charge is 0.286 e. The average molecular weight is 374 g/mol. The number of methoxy groups -OCH3 is 2. The Bertz CT molecular complexity index is 837. The van der Waals surface area contributed by atoms with E-state index in [0.717, 1.165) is 5.56 Å². The van der Waals surface area contributed by atoms with E-state index in [-0.39, 0.29) is 22.7 Å². The summed E-state index contributed by atoms with van der Waals surface area (Å²) >= 11 is 0. The van der Waals surface area contributed by atoms with Crippen molar-refractivity contribution >= 4 is 11.6 Å². The van der Waals surface area contributed by atoms with Crippen LogP contribution in [0.15, 0.2) is 36.4 Å². The number of hydrogen-bond acceptors (Lipinski definition) is 6. The van der Waals surface area contributed by atoms with Crippen LogP contribution < -0.4 is 19.5 Å². The maximum atomic E-state index is 12.7. The van der Waals surface area contributed by atoms with E-state index in [0.29, 0.717) is 12.4 Å². The molecule has 0 bridgehead atoms. The molecule has 1 atom stereocenters. The second kappa shape index (κ2) is 8.88. The summed E-state index contributed by atoms with van der Waals surface area (Å²) in [6.07, 6.45) is 0. The molecule has 0 aliphatic carbocycles. The van der Waals surface area contributed by atoms with Gasteiger partial charge in [-0.05, 0) is 19.9 Å². The van der Waals surface area contributed by atoms with Crippen molar-refractivity contribution in [2.75, 3.05) is 20.8 Å². The number of amides is 1.